The lowest BCUT2D eigenvalue weighted by molar-refractivity contribution is -0.220. The van der Waals surface area contributed by atoms with Gasteiger partial charge in [-0.1, -0.05) is 277 Å². The number of phosphoric ester groups is 1. The van der Waals surface area contributed by atoms with E-state index in [1.54, 1.807) is 0 Å². The van der Waals surface area contributed by atoms with Crippen LogP contribution in [0.5, 0.6) is 0 Å². The molecule has 1 saturated carbocycles. The van der Waals surface area contributed by atoms with Crippen molar-refractivity contribution in [2.24, 2.45) is 0 Å². The van der Waals surface area contributed by atoms with Crippen molar-refractivity contribution in [1.82, 2.24) is 0 Å². The molecule has 0 bridgehead atoms. The molecular formula is C57H113O12P. The van der Waals surface area contributed by atoms with E-state index >= 15 is 0 Å². The Morgan fingerprint density at radius 2 is 0.671 bits per heavy atom. The van der Waals surface area contributed by atoms with E-state index in [0.29, 0.717) is 13.0 Å². The van der Waals surface area contributed by atoms with Crippen LogP contribution in [0.25, 0.3) is 0 Å². The first-order valence-electron chi connectivity index (χ1n) is 29.9. The fourth-order valence-electron chi connectivity index (χ4n) is 9.77. The van der Waals surface area contributed by atoms with Crippen LogP contribution in [0.15, 0.2) is 0 Å². The number of aliphatic hydroxyl groups excluding tert-OH is 5. The summed E-state index contributed by atoms with van der Waals surface area (Å²) in [6.07, 6.45) is 43.2. The minimum absolute atomic E-state index is 0.0670. The molecule has 0 heterocycles. The molecule has 0 saturated heterocycles. The quantitative estimate of drug-likeness (QED) is 0.0192. The van der Waals surface area contributed by atoms with Crippen molar-refractivity contribution in [1.29, 1.82) is 0 Å². The average Bonchev–Trinajstić information content (AvgIpc) is 3.35. The number of unbranched alkanes of at least 4 members (excludes halogenated alkanes) is 41. The van der Waals surface area contributed by atoms with E-state index in [-0.39, 0.29) is 13.0 Å². The fraction of sp³-hybridized carbons (Fsp3) is 0.982. The topological polar surface area (TPSA) is 192 Å². The highest BCUT2D eigenvalue weighted by Gasteiger charge is 2.51. The van der Waals surface area contributed by atoms with Crippen molar-refractivity contribution in [2.45, 2.75) is 339 Å². The fourth-order valence-corrected chi connectivity index (χ4v) is 10.7. The Hall–Kier alpha value is -0.660. The predicted molar refractivity (Wildman–Crippen MR) is 286 cm³/mol. The lowest BCUT2D eigenvalue weighted by Gasteiger charge is -2.41. The zero-order valence-corrected chi connectivity index (χ0v) is 46.2. The summed E-state index contributed by atoms with van der Waals surface area (Å²) in [5, 5.41) is 50.4. The van der Waals surface area contributed by atoms with Crippen LogP contribution in [-0.2, 0) is 27.9 Å². The van der Waals surface area contributed by atoms with Gasteiger partial charge in [-0.05, 0) is 12.8 Å². The van der Waals surface area contributed by atoms with Crippen molar-refractivity contribution in [3.8, 4) is 0 Å². The van der Waals surface area contributed by atoms with E-state index in [2.05, 4.69) is 13.8 Å². The minimum Gasteiger partial charge on any atom is -0.457 e. The van der Waals surface area contributed by atoms with E-state index in [9.17, 15) is 39.8 Å². The van der Waals surface area contributed by atoms with Crippen LogP contribution in [-0.4, -0.2) is 98.9 Å². The molecule has 6 N–H and O–H groups in total. The van der Waals surface area contributed by atoms with Gasteiger partial charge in [0.2, 0.25) is 0 Å². The predicted octanol–water partition coefficient (Wildman–Crippen LogP) is 14.4. The van der Waals surface area contributed by atoms with E-state index in [4.69, 9.17) is 18.5 Å². The van der Waals surface area contributed by atoms with Crippen LogP contribution in [0.4, 0.5) is 0 Å². The molecule has 12 nitrogen and oxygen atoms in total. The second-order valence-electron chi connectivity index (χ2n) is 21.2. The maximum absolute atomic E-state index is 12.9. The second-order valence-corrected chi connectivity index (χ2v) is 22.6. The summed E-state index contributed by atoms with van der Waals surface area (Å²) in [5.41, 5.74) is 0. The molecule has 1 aliphatic rings. The summed E-state index contributed by atoms with van der Waals surface area (Å²) in [7, 11) is -5.02. The molecule has 418 valence electrons. The normalized spacial score (nSPS) is 20.7. The highest BCUT2D eigenvalue weighted by atomic mass is 31.2. The summed E-state index contributed by atoms with van der Waals surface area (Å²) < 4.78 is 34.4. The highest BCUT2D eigenvalue weighted by Crippen LogP contribution is 2.47. The molecule has 0 aromatic carbocycles. The summed E-state index contributed by atoms with van der Waals surface area (Å²) in [6.45, 7) is 4.35. The number of carbonyl (C=O) groups is 1. The molecule has 1 rings (SSSR count). The maximum atomic E-state index is 12.9. The maximum Gasteiger partial charge on any atom is 0.472 e. The largest absolute Gasteiger partial charge is 0.472 e. The van der Waals surface area contributed by atoms with Gasteiger partial charge in [-0.15, -0.1) is 0 Å². The average molecular weight is 1020 g/mol. The van der Waals surface area contributed by atoms with E-state index in [1.807, 2.05) is 0 Å². The van der Waals surface area contributed by atoms with Crippen LogP contribution in [0.1, 0.15) is 296 Å². The van der Waals surface area contributed by atoms with Gasteiger partial charge >= 0.3 is 13.8 Å². The van der Waals surface area contributed by atoms with Gasteiger partial charge in [0.15, 0.2) is 0 Å². The molecule has 13 heteroatoms. The first-order chi connectivity index (χ1) is 34.0. The van der Waals surface area contributed by atoms with E-state index < -0.39 is 63.1 Å². The molecule has 70 heavy (non-hydrogen) atoms. The smallest absolute Gasteiger partial charge is 0.457 e. The van der Waals surface area contributed by atoms with Crippen molar-refractivity contribution in [3.05, 3.63) is 0 Å². The van der Waals surface area contributed by atoms with Crippen molar-refractivity contribution in [3.63, 3.8) is 0 Å². The number of ether oxygens (including phenoxy) is 2. The van der Waals surface area contributed by atoms with Gasteiger partial charge in [0.25, 0.3) is 0 Å². The number of hydrogen-bond acceptors (Lipinski definition) is 11. The SMILES string of the molecule is CCCCCCCCCCCCCCCCCCCCCCCCCCCC(=O)O[C@H](COCCCCCCCCCCCCCCCCCCCC)COP(=O)(O)OC1C(O)C(O)C(O)[C@@H](O)C1O. The molecule has 0 radical (unpaired) electrons. The molecule has 0 aromatic heterocycles. The Labute approximate surface area is 429 Å². The molecular weight excluding hydrogens is 908 g/mol. The van der Waals surface area contributed by atoms with Gasteiger partial charge in [0.1, 0.15) is 42.7 Å². The van der Waals surface area contributed by atoms with Gasteiger partial charge in [-0.2, -0.15) is 0 Å². The third-order valence-corrected chi connectivity index (χ3v) is 15.5. The number of rotatable bonds is 53. The molecule has 0 aromatic rings. The zero-order valence-electron chi connectivity index (χ0n) is 45.4. The summed E-state index contributed by atoms with van der Waals surface area (Å²) in [6, 6.07) is 0. The molecule has 8 atom stereocenters. The van der Waals surface area contributed by atoms with Crippen LogP contribution in [0, 0.1) is 0 Å². The lowest BCUT2D eigenvalue weighted by Crippen LogP contribution is -2.64. The van der Waals surface area contributed by atoms with Crippen LogP contribution < -0.4 is 0 Å². The lowest BCUT2D eigenvalue weighted by atomic mass is 9.85. The van der Waals surface area contributed by atoms with E-state index in [1.165, 1.54) is 231 Å². The Morgan fingerprint density at radius 1 is 0.400 bits per heavy atom. The van der Waals surface area contributed by atoms with Gasteiger partial charge in [0, 0.05) is 13.0 Å². The third-order valence-electron chi connectivity index (χ3n) is 14.5. The number of hydrogen-bond donors (Lipinski definition) is 6. The third kappa shape index (κ3) is 38.9. The Balaban J connectivity index is 2.23. The monoisotopic (exact) mass is 1020 g/mol. The molecule has 6 unspecified atom stereocenters. The minimum atomic E-state index is -5.02. The standard InChI is InChI=1S/C57H113O12P/c1-3-5-7-9-11-13-15-17-19-21-23-24-25-26-27-28-29-30-32-34-36-38-40-42-44-46-51(58)68-50(49-67-70(64,65)69-57-55(62)53(60)52(59)54(61)56(57)63)48-66-47-45-43-41-39-37-35-33-31-22-20-18-16-14-12-10-8-6-4-2/h50,52-57,59-63H,3-49H2,1-2H3,(H,64,65)/t50-,52?,53-,54?,55?,56?,57?/m1/s1. The van der Waals surface area contributed by atoms with Crippen molar-refractivity contribution in [2.75, 3.05) is 19.8 Å². The van der Waals surface area contributed by atoms with Crippen LogP contribution in [0.3, 0.4) is 0 Å². The van der Waals surface area contributed by atoms with Crippen molar-refractivity contribution < 1.29 is 58.3 Å². The highest BCUT2D eigenvalue weighted by molar-refractivity contribution is 7.47. The number of carbonyl (C=O) groups excluding carboxylic acids is 1. The van der Waals surface area contributed by atoms with Gasteiger partial charge in [0.05, 0.1) is 13.2 Å². The molecule has 1 aliphatic carbocycles. The van der Waals surface area contributed by atoms with Gasteiger partial charge in [-0.25, -0.2) is 4.57 Å². The Morgan fingerprint density at radius 3 is 0.986 bits per heavy atom. The van der Waals surface area contributed by atoms with E-state index in [0.717, 1.165) is 38.5 Å². The van der Waals surface area contributed by atoms with Gasteiger partial charge < -0.3 is 39.9 Å². The summed E-state index contributed by atoms with van der Waals surface area (Å²) in [5.74, 6) is -0.466. The molecule has 0 spiro atoms. The van der Waals surface area contributed by atoms with Crippen molar-refractivity contribution >= 4 is 13.8 Å². The molecule has 0 amide bonds. The second kappa shape index (κ2) is 48.0. The first kappa shape index (κ1) is 67.4. The summed E-state index contributed by atoms with van der Waals surface area (Å²) in [4.78, 5) is 23.3. The number of aliphatic hydroxyl groups is 5. The number of phosphoric acid groups is 1. The zero-order chi connectivity index (χ0) is 51.2. The van der Waals surface area contributed by atoms with Gasteiger partial charge in [-0.3, -0.25) is 13.8 Å². The molecule has 0 aliphatic heterocycles. The summed E-state index contributed by atoms with van der Waals surface area (Å²) >= 11 is 0. The van der Waals surface area contributed by atoms with Crippen LogP contribution >= 0.6 is 7.82 Å². The number of esters is 1. The first-order valence-corrected chi connectivity index (χ1v) is 31.4. The Kier molecular flexibility index (Phi) is 46.2. The van der Waals surface area contributed by atoms with Crippen LogP contribution in [0.2, 0.25) is 0 Å². The Bertz CT molecular complexity index is 1160. The molecule has 1 fully saturated rings.